The monoisotopic (exact) mass is 355 g/mol. The van der Waals surface area contributed by atoms with Crippen molar-refractivity contribution in [1.82, 2.24) is 5.43 Å². The van der Waals surface area contributed by atoms with E-state index in [1.54, 1.807) is 6.21 Å². The van der Waals surface area contributed by atoms with Crippen LogP contribution in [0.4, 0.5) is 5.69 Å². The van der Waals surface area contributed by atoms with Crippen molar-refractivity contribution in [2.75, 3.05) is 23.7 Å². The lowest BCUT2D eigenvalue weighted by Gasteiger charge is -2.20. The van der Waals surface area contributed by atoms with Crippen LogP contribution in [0.2, 0.25) is 0 Å². The molecular weight excluding hydrogens is 330 g/mol. The van der Waals surface area contributed by atoms with E-state index in [9.17, 15) is 4.79 Å². The van der Waals surface area contributed by atoms with Crippen LogP contribution in [-0.4, -0.2) is 31.0 Å². The van der Waals surface area contributed by atoms with E-state index < -0.39 is 0 Å². The molecule has 0 aliphatic carbocycles. The van der Waals surface area contributed by atoms with Gasteiger partial charge in [0, 0.05) is 23.7 Å². The van der Waals surface area contributed by atoms with Crippen LogP contribution in [0.5, 0.6) is 0 Å². The van der Waals surface area contributed by atoms with Crippen molar-refractivity contribution in [2.24, 2.45) is 5.10 Å². The predicted octanol–water partition coefficient (Wildman–Crippen LogP) is 4.08. The number of nitrogens with zero attached hydrogens (tertiary/aromatic N) is 2. The van der Waals surface area contributed by atoms with Crippen LogP contribution < -0.4 is 10.3 Å². The van der Waals surface area contributed by atoms with Gasteiger partial charge in [-0.05, 0) is 50.6 Å². The van der Waals surface area contributed by atoms with E-state index in [-0.39, 0.29) is 5.91 Å². The lowest BCUT2D eigenvalue weighted by molar-refractivity contribution is -0.118. The molecule has 0 heterocycles. The third-order valence-electron chi connectivity index (χ3n) is 3.82. The summed E-state index contributed by atoms with van der Waals surface area (Å²) in [7, 11) is 0. The maximum absolute atomic E-state index is 11.8. The lowest BCUT2D eigenvalue weighted by atomic mass is 10.2. The normalized spacial score (nSPS) is 10.8. The second kappa shape index (κ2) is 9.89. The Morgan fingerprint density at radius 3 is 2.32 bits per heavy atom. The summed E-state index contributed by atoms with van der Waals surface area (Å²) in [5.74, 6) is 0.239. The van der Waals surface area contributed by atoms with Crippen molar-refractivity contribution in [3.05, 3.63) is 59.7 Å². The van der Waals surface area contributed by atoms with Crippen molar-refractivity contribution >= 4 is 29.6 Å². The molecule has 2 aromatic carbocycles. The molecule has 0 aliphatic heterocycles. The van der Waals surface area contributed by atoms with Gasteiger partial charge in [-0.2, -0.15) is 5.10 Å². The second-order valence-corrected chi connectivity index (χ2v) is 6.71. The molecule has 1 N–H and O–H groups in total. The molecule has 0 radical (unpaired) electrons. The quantitative estimate of drug-likeness (QED) is 0.441. The van der Waals surface area contributed by atoms with E-state index >= 15 is 0 Å². The molecular formula is C20H25N3OS. The van der Waals surface area contributed by atoms with E-state index in [0.29, 0.717) is 5.75 Å². The summed E-state index contributed by atoms with van der Waals surface area (Å²) in [6.45, 7) is 8.30. The van der Waals surface area contributed by atoms with Crippen LogP contribution in [-0.2, 0) is 4.79 Å². The number of rotatable bonds is 8. The van der Waals surface area contributed by atoms with Gasteiger partial charge < -0.3 is 4.90 Å². The number of carbonyl (C=O) groups is 1. The zero-order valence-electron chi connectivity index (χ0n) is 15.0. The van der Waals surface area contributed by atoms with Gasteiger partial charge in [0.05, 0.1) is 12.0 Å². The Balaban J connectivity index is 1.79. The summed E-state index contributed by atoms with van der Waals surface area (Å²) in [6, 6.07) is 16.3. The molecule has 0 aliphatic rings. The minimum atomic E-state index is -0.110. The zero-order valence-corrected chi connectivity index (χ0v) is 15.8. The number of hydrogen-bond donors (Lipinski definition) is 1. The molecule has 0 saturated heterocycles. The van der Waals surface area contributed by atoms with Gasteiger partial charge in [-0.1, -0.05) is 29.8 Å². The van der Waals surface area contributed by atoms with Crippen molar-refractivity contribution in [3.63, 3.8) is 0 Å². The highest BCUT2D eigenvalue weighted by Gasteiger charge is 2.02. The van der Waals surface area contributed by atoms with Gasteiger partial charge in [0.25, 0.3) is 0 Å². The Hall–Kier alpha value is -2.27. The maximum Gasteiger partial charge on any atom is 0.250 e. The van der Waals surface area contributed by atoms with Gasteiger partial charge in [-0.3, -0.25) is 4.79 Å². The highest BCUT2D eigenvalue weighted by Crippen LogP contribution is 2.17. The highest BCUT2D eigenvalue weighted by atomic mass is 32.2. The molecule has 0 unspecified atom stereocenters. The molecule has 0 atom stereocenters. The standard InChI is InChI=1S/C20H25N3OS/c1-4-23(5-2)18-10-8-17(9-11-18)14-21-22-20(24)15-25-19-12-6-16(3)7-13-19/h6-14H,4-5,15H2,1-3H3,(H,22,24)/b21-14-. The smallest absolute Gasteiger partial charge is 0.250 e. The number of aryl methyl sites for hydroxylation is 1. The average Bonchev–Trinajstić information content (AvgIpc) is 2.63. The molecule has 0 aromatic heterocycles. The first kappa shape index (κ1) is 19.1. The molecule has 25 heavy (non-hydrogen) atoms. The summed E-state index contributed by atoms with van der Waals surface area (Å²) in [5.41, 5.74) is 5.94. The van der Waals surface area contributed by atoms with Crippen LogP contribution >= 0.6 is 11.8 Å². The number of thioether (sulfide) groups is 1. The Morgan fingerprint density at radius 2 is 1.72 bits per heavy atom. The second-order valence-electron chi connectivity index (χ2n) is 5.66. The van der Waals surface area contributed by atoms with Crippen molar-refractivity contribution in [2.45, 2.75) is 25.7 Å². The van der Waals surface area contributed by atoms with Crippen LogP contribution in [0.25, 0.3) is 0 Å². The molecule has 4 nitrogen and oxygen atoms in total. The summed E-state index contributed by atoms with van der Waals surface area (Å²) in [5, 5.41) is 4.03. The highest BCUT2D eigenvalue weighted by molar-refractivity contribution is 8.00. The topological polar surface area (TPSA) is 44.7 Å². The minimum Gasteiger partial charge on any atom is -0.372 e. The zero-order chi connectivity index (χ0) is 18.1. The Labute approximate surface area is 154 Å². The van der Waals surface area contributed by atoms with E-state index in [2.05, 4.69) is 41.4 Å². The molecule has 5 heteroatoms. The van der Waals surface area contributed by atoms with Crippen LogP contribution in [0.1, 0.15) is 25.0 Å². The summed E-state index contributed by atoms with van der Waals surface area (Å²) >= 11 is 1.50. The molecule has 0 saturated carbocycles. The number of hydrogen-bond acceptors (Lipinski definition) is 4. The first-order valence-electron chi connectivity index (χ1n) is 8.48. The Kier molecular flexibility index (Phi) is 7.54. The van der Waals surface area contributed by atoms with Crippen LogP contribution in [0.3, 0.4) is 0 Å². The maximum atomic E-state index is 11.8. The fourth-order valence-corrected chi connectivity index (χ4v) is 3.05. The van der Waals surface area contributed by atoms with Gasteiger partial charge in [0.2, 0.25) is 5.91 Å². The Bertz CT molecular complexity index is 692. The molecule has 0 bridgehead atoms. The predicted molar refractivity (Wildman–Crippen MR) is 108 cm³/mol. The molecule has 2 rings (SSSR count). The lowest BCUT2D eigenvalue weighted by Crippen LogP contribution is -2.21. The summed E-state index contributed by atoms with van der Waals surface area (Å²) in [4.78, 5) is 15.2. The fraction of sp³-hybridized carbons (Fsp3) is 0.300. The van der Waals surface area contributed by atoms with Crippen molar-refractivity contribution in [3.8, 4) is 0 Å². The fourth-order valence-electron chi connectivity index (χ4n) is 2.35. The third kappa shape index (κ3) is 6.27. The molecule has 1 amide bonds. The van der Waals surface area contributed by atoms with Gasteiger partial charge in [0.1, 0.15) is 0 Å². The SMILES string of the molecule is CCN(CC)c1ccc(/C=N\NC(=O)CSc2ccc(C)cc2)cc1. The van der Waals surface area contributed by atoms with E-state index in [1.165, 1.54) is 23.0 Å². The van der Waals surface area contributed by atoms with Gasteiger partial charge in [-0.15, -0.1) is 11.8 Å². The summed E-state index contributed by atoms with van der Waals surface area (Å²) in [6.07, 6.45) is 1.67. The number of amides is 1. The number of carbonyl (C=O) groups excluding carboxylic acids is 1. The number of anilines is 1. The first-order chi connectivity index (χ1) is 12.1. The summed E-state index contributed by atoms with van der Waals surface area (Å²) < 4.78 is 0. The molecule has 0 spiro atoms. The minimum absolute atomic E-state index is 0.110. The van der Waals surface area contributed by atoms with Crippen molar-refractivity contribution < 1.29 is 4.79 Å². The number of benzene rings is 2. The number of nitrogens with one attached hydrogen (secondary N) is 1. The average molecular weight is 356 g/mol. The number of hydrazone groups is 1. The Morgan fingerprint density at radius 1 is 1.08 bits per heavy atom. The van der Waals surface area contributed by atoms with Gasteiger partial charge in [-0.25, -0.2) is 5.43 Å². The first-order valence-corrected chi connectivity index (χ1v) is 9.47. The molecule has 0 fully saturated rings. The van der Waals surface area contributed by atoms with Crippen molar-refractivity contribution in [1.29, 1.82) is 0 Å². The third-order valence-corrected chi connectivity index (χ3v) is 4.83. The van der Waals surface area contributed by atoms with Gasteiger partial charge >= 0.3 is 0 Å². The molecule has 132 valence electrons. The van der Waals surface area contributed by atoms with Gasteiger partial charge in [0.15, 0.2) is 0 Å². The van der Waals surface area contributed by atoms with E-state index in [0.717, 1.165) is 23.5 Å². The van der Waals surface area contributed by atoms with E-state index in [1.807, 2.05) is 43.3 Å². The largest absolute Gasteiger partial charge is 0.372 e. The van der Waals surface area contributed by atoms with Crippen LogP contribution in [0, 0.1) is 6.92 Å². The molecule has 2 aromatic rings. The van der Waals surface area contributed by atoms with Crippen LogP contribution in [0.15, 0.2) is 58.5 Å². The van der Waals surface area contributed by atoms with E-state index in [4.69, 9.17) is 0 Å².